The summed E-state index contributed by atoms with van der Waals surface area (Å²) >= 11 is 0. The van der Waals surface area contributed by atoms with Crippen LogP contribution in [0.2, 0.25) is 0 Å². The van der Waals surface area contributed by atoms with Crippen molar-refractivity contribution in [3.8, 4) is 0 Å². The third-order valence-corrected chi connectivity index (χ3v) is 6.34. The average Bonchev–Trinajstić information content (AvgIpc) is 2.34. The van der Waals surface area contributed by atoms with Gasteiger partial charge in [0.25, 0.3) is 0 Å². The summed E-state index contributed by atoms with van der Waals surface area (Å²) in [6, 6.07) is 0. The third kappa shape index (κ3) is 2.55. The molecule has 0 heterocycles. The smallest absolute Gasteiger partial charge is 0.305 e. The number of nitrogens with zero attached hydrogens (tertiary/aromatic N) is 1. The highest BCUT2D eigenvalue weighted by Crippen LogP contribution is 2.69. The fourth-order valence-corrected chi connectivity index (χ4v) is 6.66. The Morgan fingerprint density at radius 3 is 2.14 bits per heavy atom. The fraction of sp³-hybridized carbons (Fsp3) is 0.889. The van der Waals surface area contributed by atoms with Crippen LogP contribution < -0.4 is 0 Å². The van der Waals surface area contributed by atoms with Crippen LogP contribution in [0.1, 0.15) is 65.7 Å². The quantitative estimate of drug-likeness (QED) is 0.848. The first-order valence-corrected chi connectivity index (χ1v) is 8.71. The van der Waals surface area contributed by atoms with Gasteiger partial charge in [0.1, 0.15) is 0 Å². The molecule has 4 aliphatic rings. The first kappa shape index (κ1) is 15.8. The molecule has 4 saturated carbocycles. The van der Waals surface area contributed by atoms with Gasteiger partial charge in [-0.2, -0.15) is 0 Å². The van der Waals surface area contributed by atoms with E-state index in [0.29, 0.717) is 29.8 Å². The van der Waals surface area contributed by atoms with Crippen LogP contribution in [0.5, 0.6) is 0 Å². The molecule has 22 heavy (non-hydrogen) atoms. The van der Waals surface area contributed by atoms with Crippen LogP contribution in [0.25, 0.3) is 0 Å². The Labute approximate surface area is 133 Å². The molecule has 0 aliphatic heterocycles. The highest BCUT2D eigenvalue weighted by atomic mass is 16.4. The predicted molar refractivity (Wildman–Crippen MR) is 84.3 cm³/mol. The number of amides is 1. The van der Waals surface area contributed by atoms with Crippen LogP contribution in [0, 0.1) is 22.2 Å². The first-order valence-electron chi connectivity index (χ1n) is 8.71. The molecule has 4 nitrogen and oxygen atoms in total. The van der Waals surface area contributed by atoms with Crippen molar-refractivity contribution < 1.29 is 14.7 Å². The van der Waals surface area contributed by atoms with E-state index in [4.69, 9.17) is 5.11 Å². The maximum absolute atomic E-state index is 13.3. The molecule has 4 aliphatic carbocycles. The van der Waals surface area contributed by atoms with Crippen molar-refractivity contribution in [1.29, 1.82) is 0 Å². The van der Waals surface area contributed by atoms with Crippen molar-refractivity contribution in [2.45, 2.75) is 65.7 Å². The van der Waals surface area contributed by atoms with Gasteiger partial charge in [-0.3, -0.25) is 9.59 Å². The monoisotopic (exact) mass is 307 g/mol. The number of rotatable bonds is 5. The van der Waals surface area contributed by atoms with E-state index in [1.807, 2.05) is 6.92 Å². The zero-order valence-electron chi connectivity index (χ0n) is 14.2. The van der Waals surface area contributed by atoms with Gasteiger partial charge in [-0.1, -0.05) is 13.8 Å². The van der Waals surface area contributed by atoms with E-state index >= 15 is 0 Å². The maximum atomic E-state index is 13.3. The average molecular weight is 307 g/mol. The minimum atomic E-state index is -0.823. The van der Waals surface area contributed by atoms with Gasteiger partial charge in [0.05, 0.1) is 11.8 Å². The number of carbonyl (C=O) groups excluding carboxylic acids is 1. The SMILES string of the molecule is CCN(CCC(=O)O)C(=O)C12CC3CC(C)(CC(C)(C3)C1)C2. The second-order valence-electron chi connectivity index (χ2n) is 8.94. The van der Waals surface area contributed by atoms with Crippen molar-refractivity contribution in [1.82, 2.24) is 4.90 Å². The molecule has 0 aromatic heterocycles. The van der Waals surface area contributed by atoms with E-state index in [1.54, 1.807) is 4.90 Å². The maximum Gasteiger partial charge on any atom is 0.305 e. The number of carbonyl (C=O) groups is 2. The van der Waals surface area contributed by atoms with Gasteiger partial charge in [0.15, 0.2) is 0 Å². The van der Waals surface area contributed by atoms with Gasteiger partial charge in [0.2, 0.25) is 5.91 Å². The number of aliphatic carboxylic acids is 1. The Bertz CT molecular complexity index is 483. The van der Waals surface area contributed by atoms with Crippen LogP contribution in [0.15, 0.2) is 0 Å². The number of carboxylic acids is 1. The zero-order chi connectivity index (χ0) is 16.2. The predicted octanol–water partition coefficient (Wildman–Crippen LogP) is 3.31. The Balaban J connectivity index is 1.83. The lowest BCUT2D eigenvalue weighted by Gasteiger charge is -2.65. The summed E-state index contributed by atoms with van der Waals surface area (Å²) in [5.41, 5.74) is 0.420. The second kappa shape index (κ2) is 4.97. The van der Waals surface area contributed by atoms with Gasteiger partial charge in [-0.15, -0.1) is 0 Å². The molecular weight excluding hydrogens is 278 g/mol. The summed E-state index contributed by atoms with van der Waals surface area (Å²) in [5.74, 6) is 0.0989. The molecule has 0 aromatic rings. The molecule has 2 atom stereocenters. The number of hydrogen-bond acceptors (Lipinski definition) is 2. The molecule has 2 unspecified atom stereocenters. The van der Waals surface area contributed by atoms with Gasteiger partial charge < -0.3 is 10.0 Å². The molecule has 0 saturated heterocycles. The Morgan fingerprint density at radius 2 is 1.68 bits per heavy atom. The molecule has 4 bridgehead atoms. The van der Waals surface area contributed by atoms with Crippen LogP contribution in [-0.2, 0) is 9.59 Å². The van der Waals surface area contributed by atoms with Crippen molar-refractivity contribution in [2.24, 2.45) is 22.2 Å². The lowest BCUT2D eigenvalue weighted by atomic mass is 9.40. The summed E-state index contributed by atoms with van der Waals surface area (Å²) in [6.45, 7) is 7.66. The molecule has 1 amide bonds. The highest BCUT2D eigenvalue weighted by Gasteiger charge is 2.63. The summed E-state index contributed by atoms with van der Waals surface area (Å²) < 4.78 is 0. The molecule has 4 heteroatoms. The molecular formula is C18H29NO3. The minimum Gasteiger partial charge on any atom is -0.481 e. The van der Waals surface area contributed by atoms with Crippen molar-refractivity contribution >= 4 is 11.9 Å². The Morgan fingerprint density at radius 1 is 1.09 bits per heavy atom. The molecule has 124 valence electrons. The van der Waals surface area contributed by atoms with Gasteiger partial charge in [-0.25, -0.2) is 0 Å². The first-order chi connectivity index (χ1) is 10.2. The highest BCUT2D eigenvalue weighted by molar-refractivity contribution is 5.84. The largest absolute Gasteiger partial charge is 0.481 e. The van der Waals surface area contributed by atoms with Gasteiger partial charge >= 0.3 is 5.97 Å². The van der Waals surface area contributed by atoms with E-state index in [0.717, 1.165) is 19.3 Å². The van der Waals surface area contributed by atoms with Crippen LogP contribution in [0.4, 0.5) is 0 Å². The molecule has 4 fully saturated rings. The normalized spacial score (nSPS) is 42.4. The van der Waals surface area contributed by atoms with Crippen LogP contribution in [-0.4, -0.2) is 35.0 Å². The Hall–Kier alpha value is -1.06. The van der Waals surface area contributed by atoms with Crippen LogP contribution >= 0.6 is 0 Å². The van der Waals surface area contributed by atoms with Crippen LogP contribution in [0.3, 0.4) is 0 Å². The van der Waals surface area contributed by atoms with E-state index in [2.05, 4.69) is 13.8 Å². The summed E-state index contributed by atoms with van der Waals surface area (Å²) in [6.07, 6.45) is 6.90. The van der Waals surface area contributed by atoms with E-state index in [9.17, 15) is 9.59 Å². The second-order valence-corrected chi connectivity index (χ2v) is 8.94. The molecule has 0 spiro atoms. The summed E-state index contributed by atoms with van der Waals surface area (Å²) in [5, 5.41) is 8.92. The molecule has 0 radical (unpaired) electrons. The zero-order valence-corrected chi connectivity index (χ0v) is 14.2. The van der Waals surface area contributed by atoms with Crippen molar-refractivity contribution in [3.63, 3.8) is 0 Å². The van der Waals surface area contributed by atoms with Crippen molar-refractivity contribution in [3.05, 3.63) is 0 Å². The molecule has 1 N–H and O–H groups in total. The van der Waals surface area contributed by atoms with Gasteiger partial charge in [-0.05, 0) is 62.2 Å². The van der Waals surface area contributed by atoms with Gasteiger partial charge in [0, 0.05) is 13.1 Å². The van der Waals surface area contributed by atoms with E-state index in [-0.39, 0.29) is 17.7 Å². The van der Waals surface area contributed by atoms with Crippen molar-refractivity contribution in [2.75, 3.05) is 13.1 Å². The number of hydrogen-bond donors (Lipinski definition) is 1. The van der Waals surface area contributed by atoms with E-state index in [1.165, 1.54) is 19.3 Å². The van der Waals surface area contributed by atoms with E-state index < -0.39 is 5.97 Å². The standard InChI is InChI=1S/C18H29NO3/c1-4-19(6-5-14(20)21)15(22)18-9-13-7-16(2,11-18)10-17(3,8-13)12-18/h13H,4-12H2,1-3H3,(H,20,21). The number of carboxylic acid groups (broad SMARTS) is 1. The third-order valence-electron chi connectivity index (χ3n) is 6.34. The summed E-state index contributed by atoms with van der Waals surface area (Å²) in [4.78, 5) is 25.9. The molecule has 4 rings (SSSR count). The molecule has 0 aromatic carbocycles. The topological polar surface area (TPSA) is 57.6 Å². The lowest BCUT2D eigenvalue weighted by molar-refractivity contribution is -0.179. The lowest BCUT2D eigenvalue weighted by Crippen LogP contribution is -2.60. The fourth-order valence-electron chi connectivity index (χ4n) is 6.66. The summed E-state index contributed by atoms with van der Waals surface area (Å²) in [7, 11) is 0. The Kier molecular flexibility index (Phi) is 3.57. The minimum absolute atomic E-state index is 0.0492.